The van der Waals surface area contributed by atoms with Crippen molar-refractivity contribution in [3.05, 3.63) is 28.6 Å². The maximum atomic E-state index is 12.8. The van der Waals surface area contributed by atoms with Gasteiger partial charge in [0, 0.05) is 6.54 Å². The van der Waals surface area contributed by atoms with E-state index in [9.17, 15) is 13.6 Å². The number of alkyl halides is 2. The van der Waals surface area contributed by atoms with Gasteiger partial charge in [-0.25, -0.2) is 13.8 Å². The summed E-state index contributed by atoms with van der Waals surface area (Å²) in [6.45, 7) is -0.0840. The lowest BCUT2D eigenvalue weighted by molar-refractivity contribution is -0.139. The van der Waals surface area contributed by atoms with Crippen LogP contribution in [0.25, 0.3) is 0 Å². The molecule has 0 atom stereocenters. The molecule has 0 saturated heterocycles. The molecule has 18 heavy (non-hydrogen) atoms. The Balaban J connectivity index is 3.28. The average molecular weight is 255 g/mol. The molecular formula is C11H11F2N3O2. The number of ether oxygens (including phenoxy) is 1. The first kappa shape index (κ1) is 14.0. The number of carbonyl (C=O) groups excluding carboxylic acids is 1. The van der Waals surface area contributed by atoms with Crippen LogP contribution in [0.3, 0.4) is 0 Å². The molecule has 96 valence electrons. The number of nitriles is 1. The Labute approximate surface area is 102 Å². The third-order valence-corrected chi connectivity index (χ3v) is 2.27. The lowest BCUT2D eigenvalue weighted by Crippen LogP contribution is -2.12. The van der Waals surface area contributed by atoms with Gasteiger partial charge in [-0.1, -0.05) is 0 Å². The normalized spacial score (nSPS) is 10.2. The van der Waals surface area contributed by atoms with Gasteiger partial charge in [-0.3, -0.25) is 4.79 Å². The zero-order valence-electron chi connectivity index (χ0n) is 9.61. The first-order chi connectivity index (χ1) is 8.53. The molecule has 0 aliphatic rings. The molecule has 2 N–H and O–H groups in total. The van der Waals surface area contributed by atoms with Crippen molar-refractivity contribution in [2.45, 2.75) is 19.4 Å². The third-order valence-electron chi connectivity index (χ3n) is 2.27. The Morgan fingerprint density at radius 3 is 2.78 bits per heavy atom. The van der Waals surface area contributed by atoms with Crippen LogP contribution in [-0.2, 0) is 22.5 Å². The fourth-order valence-electron chi connectivity index (χ4n) is 1.44. The molecule has 0 unspecified atom stereocenters. The molecule has 0 aliphatic carbocycles. The number of nitrogens with two attached hydrogens (primary N) is 1. The fraction of sp³-hybridized carbons (Fsp3) is 0.364. The van der Waals surface area contributed by atoms with Crippen LogP contribution >= 0.6 is 0 Å². The maximum absolute atomic E-state index is 12.8. The van der Waals surface area contributed by atoms with Gasteiger partial charge in [0.2, 0.25) is 0 Å². The van der Waals surface area contributed by atoms with Gasteiger partial charge in [-0.15, -0.1) is 0 Å². The van der Waals surface area contributed by atoms with Gasteiger partial charge in [0.25, 0.3) is 6.43 Å². The zero-order chi connectivity index (χ0) is 13.7. The molecule has 1 rings (SSSR count). The first-order valence-corrected chi connectivity index (χ1v) is 5.01. The number of halogens is 2. The Hall–Kier alpha value is -2.07. The van der Waals surface area contributed by atoms with Gasteiger partial charge in [0.15, 0.2) is 0 Å². The molecule has 0 radical (unpaired) electrons. The lowest BCUT2D eigenvalue weighted by Gasteiger charge is -2.09. The molecular weight excluding hydrogens is 244 g/mol. The quantitative estimate of drug-likeness (QED) is 0.813. The summed E-state index contributed by atoms with van der Waals surface area (Å²) in [5, 5.41) is 8.83. The molecule has 1 aromatic heterocycles. The molecule has 0 fully saturated rings. The van der Waals surface area contributed by atoms with Crippen LogP contribution in [-0.4, -0.2) is 18.1 Å². The number of aromatic nitrogens is 1. The highest BCUT2D eigenvalue weighted by Crippen LogP contribution is 2.24. The van der Waals surface area contributed by atoms with Gasteiger partial charge in [0.05, 0.1) is 24.8 Å². The monoisotopic (exact) mass is 255 g/mol. The van der Waals surface area contributed by atoms with Crippen molar-refractivity contribution >= 4 is 5.97 Å². The summed E-state index contributed by atoms with van der Waals surface area (Å²) in [7, 11) is 1.18. The largest absolute Gasteiger partial charge is 0.469 e. The summed E-state index contributed by atoms with van der Waals surface area (Å²) >= 11 is 0. The summed E-state index contributed by atoms with van der Waals surface area (Å²) in [6.07, 6.45) is -3.14. The van der Waals surface area contributed by atoms with E-state index < -0.39 is 18.1 Å². The van der Waals surface area contributed by atoms with Crippen molar-refractivity contribution < 1.29 is 18.3 Å². The number of hydrogen-bond donors (Lipinski definition) is 1. The van der Waals surface area contributed by atoms with Gasteiger partial charge in [0.1, 0.15) is 11.8 Å². The van der Waals surface area contributed by atoms with E-state index in [0.717, 1.165) is 0 Å². The standard InChI is InChI=1S/C11H11F2N3O2/c1-18-9(17)3-7-2-6(4-14)8(5-15)10(16-7)11(12)13/h2,11H,3-4,14H2,1H3. The minimum absolute atomic E-state index is 0.0840. The van der Waals surface area contributed by atoms with E-state index in [1.54, 1.807) is 6.07 Å². The Bertz CT molecular complexity index is 498. The summed E-state index contributed by atoms with van der Waals surface area (Å²) < 4.78 is 29.9. The highest BCUT2D eigenvalue weighted by molar-refractivity contribution is 5.72. The predicted octanol–water partition coefficient (Wildman–Crippen LogP) is 1.07. The molecule has 5 nitrogen and oxygen atoms in total. The number of nitrogens with zero attached hydrogens (tertiary/aromatic N) is 2. The molecule has 1 aromatic rings. The van der Waals surface area contributed by atoms with E-state index in [0.29, 0.717) is 0 Å². The number of rotatable bonds is 4. The number of hydrogen-bond acceptors (Lipinski definition) is 5. The van der Waals surface area contributed by atoms with Gasteiger partial charge in [-0.05, 0) is 11.6 Å². The SMILES string of the molecule is COC(=O)Cc1cc(CN)c(C#N)c(C(F)F)n1. The average Bonchev–Trinajstić information content (AvgIpc) is 2.37. The van der Waals surface area contributed by atoms with Gasteiger partial charge < -0.3 is 10.5 Å². The predicted molar refractivity (Wildman–Crippen MR) is 57.5 cm³/mol. The highest BCUT2D eigenvalue weighted by atomic mass is 19.3. The molecule has 0 spiro atoms. The van der Waals surface area contributed by atoms with Crippen LogP contribution in [0.15, 0.2) is 6.07 Å². The minimum atomic E-state index is -2.90. The maximum Gasteiger partial charge on any atom is 0.311 e. The summed E-state index contributed by atoms with van der Waals surface area (Å²) in [6, 6.07) is 3.01. The number of esters is 1. The van der Waals surface area contributed by atoms with Crippen molar-refractivity contribution in [1.29, 1.82) is 5.26 Å². The molecule has 0 bridgehead atoms. The van der Waals surface area contributed by atoms with Crippen LogP contribution in [0.2, 0.25) is 0 Å². The number of methoxy groups -OCH3 is 1. The highest BCUT2D eigenvalue weighted by Gasteiger charge is 2.20. The molecule has 7 heteroatoms. The topological polar surface area (TPSA) is 89.0 Å². The Kier molecular flexibility index (Phi) is 4.68. The van der Waals surface area contributed by atoms with Crippen LogP contribution in [0.4, 0.5) is 8.78 Å². The van der Waals surface area contributed by atoms with Crippen molar-refractivity contribution in [3.63, 3.8) is 0 Å². The summed E-state index contributed by atoms with van der Waals surface area (Å²) in [5.41, 5.74) is 4.84. The minimum Gasteiger partial charge on any atom is -0.469 e. The van der Waals surface area contributed by atoms with Crippen molar-refractivity contribution in [3.8, 4) is 6.07 Å². The third kappa shape index (κ3) is 2.99. The van der Waals surface area contributed by atoms with Crippen LogP contribution in [0.1, 0.15) is 28.9 Å². The zero-order valence-corrected chi connectivity index (χ0v) is 9.61. The molecule has 0 amide bonds. The fourth-order valence-corrected chi connectivity index (χ4v) is 1.44. The Morgan fingerprint density at radius 1 is 1.67 bits per heavy atom. The molecule has 0 saturated carbocycles. The van der Waals surface area contributed by atoms with Gasteiger partial charge in [-0.2, -0.15) is 5.26 Å². The van der Waals surface area contributed by atoms with E-state index in [1.165, 1.54) is 13.2 Å². The molecule has 0 aliphatic heterocycles. The summed E-state index contributed by atoms with van der Waals surface area (Å²) in [4.78, 5) is 14.7. The second-order valence-electron chi connectivity index (χ2n) is 3.40. The van der Waals surface area contributed by atoms with Crippen molar-refractivity contribution in [2.24, 2.45) is 5.73 Å². The second-order valence-corrected chi connectivity index (χ2v) is 3.40. The van der Waals surface area contributed by atoms with Crippen molar-refractivity contribution in [2.75, 3.05) is 7.11 Å². The van der Waals surface area contributed by atoms with E-state index in [4.69, 9.17) is 11.0 Å². The molecule has 0 aromatic carbocycles. The molecule has 1 heterocycles. The van der Waals surface area contributed by atoms with Gasteiger partial charge >= 0.3 is 5.97 Å². The van der Waals surface area contributed by atoms with Crippen LogP contribution in [0, 0.1) is 11.3 Å². The van der Waals surface area contributed by atoms with E-state index in [2.05, 4.69) is 9.72 Å². The first-order valence-electron chi connectivity index (χ1n) is 5.01. The van der Waals surface area contributed by atoms with Crippen LogP contribution < -0.4 is 5.73 Å². The van der Waals surface area contributed by atoms with E-state index >= 15 is 0 Å². The Morgan fingerprint density at radius 2 is 2.33 bits per heavy atom. The lowest BCUT2D eigenvalue weighted by atomic mass is 10.0. The number of carbonyl (C=O) groups is 1. The number of pyridine rings is 1. The van der Waals surface area contributed by atoms with E-state index in [1.807, 2.05) is 0 Å². The smallest absolute Gasteiger partial charge is 0.311 e. The van der Waals surface area contributed by atoms with Crippen LogP contribution in [0.5, 0.6) is 0 Å². The van der Waals surface area contributed by atoms with E-state index in [-0.39, 0.29) is 29.8 Å². The van der Waals surface area contributed by atoms with Crippen molar-refractivity contribution in [1.82, 2.24) is 4.98 Å². The second kappa shape index (κ2) is 6.02. The summed E-state index contributed by atoms with van der Waals surface area (Å²) in [5.74, 6) is -0.601.